The van der Waals surface area contributed by atoms with Crippen LogP contribution in [0.5, 0.6) is 5.88 Å². The number of carboxylic acids is 1. The van der Waals surface area contributed by atoms with E-state index in [-0.39, 0.29) is 68.5 Å². The van der Waals surface area contributed by atoms with Gasteiger partial charge in [0, 0.05) is 57.8 Å². The molecule has 0 unspecified atom stereocenters. The van der Waals surface area contributed by atoms with E-state index in [2.05, 4.69) is 10.4 Å². The van der Waals surface area contributed by atoms with Gasteiger partial charge in [0.25, 0.3) is 11.8 Å². The number of piperazine rings is 1. The number of nitrogens with zero attached hydrogens (tertiary/aromatic N) is 6. The molecule has 2 aliphatic heterocycles. The molecule has 3 heterocycles. The SMILES string of the molecule is CCOC(=O)N1CCN(C(=O)[C@H](CCC(=O)O)NC(=O)c2cc(OCC(=O)N3CCC[C@H]3C(=O)N(C)C3CC3)n(-c3ccccc3)n2)[C@@H](C)C1. The average Bonchev–Trinajstić information content (AvgIpc) is 3.68. The molecule has 1 aliphatic carbocycles. The van der Waals surface area contributed by atoms with Gasteiger partial charge in [-0.25, -0.2) is 9.48 Å². The molecule has 16 heteroatoms. The van der Waals surface area contributed by atoms with Gasteiger partial charge in [0.05, 0.1) is 12.3 Å². The Morgan fingerprint density at radius 1 is 1.04 bits per heavy atom. The monoisotopic (exact) mass is 695 g/mol. The molecule has 5 rings (SSSR count). The van der Waals surface area contributed by atoms with E-state index in [4.69, 9.17) is 9.47 Å². The fourth-order valence-electron chi connectivity index (χ4n) is 6.37. The highest BCUT2D eigenvalue weighted by Gasteiger charge is 2.40. The first-order valence-electron chi connectivity index (χ1n) is 17.1. The van der Waals surface area contributed by atoms with Crippen molar-refractivity contribution < 1.29 is 43.3 Å². The van der Waals surface area contributed by atoms with Crippen molar-refractivity contribution in [3.8, 4) is 11.6 Å². The molecule has 1 aromatic heterocycles. The van der Waals surface area contributed by atoms with Gasteiger partial charge in [0.1, 0.15) is 12.1 Å². The molecule has 0 bridgehead atoms. The van der Waals surface area contributed by atoms with Gasteiger partial charge in [-0.2, -0.15) is 5.10 Å². The van der Waals surface area contributed by atoms with Crippen LogP contribution in [-0.4, -0.2) is 141 Å². The number of benzene rings is 1. The number of rotatable bonds is 13. The third-order valence-corrected chi connectivity index (χ3v) is 9.24. The summed E-state index contributed by atoms with van der Waals surface area (Å²) in [6.45, 7) is 4.34. The second-order valence-electron chi connectivity index (χ2n) is 12.8. The van der Waals surface area contributed by atoms with Crippen LogP contribution in [-0.2, 0) is 23.9 Å². The van der Waals surface area contributed by atoms with E-state index in [1.165, 1.54) is 20.5 Å². The molecule has 0 radical (unpaired) electrons. The standard InChI is InChI=1S/C34H45N7O9/c1-4-49-34(48)38-17-18-39(22(2)20-38)32(46)25(14-15-30(43)44)35-31(45)26-19-29(41(36-26)24-9-6-5-7-10-24)50-21-28(42)40-16-8-11-27(40)33(47)37(3)23-12-13-23/h5-7,9-10,19,22-23,25,27H,4,8,11-18,20-21H2,1-3H3,(H,35,45)(H,43,44)/t22-,25-,27-/m0/s1. The summed E-state index contributed by atoms with van der Waals surface area (Å²) < 4.78 is 12.4. The highest BCUT2D eigenvalue weighted by molar-refractivity contribution is 5.96. The Morgan fingerprint density at radius 3 is 2.44 bits per heavy atom. The molecule has 5 amide bonds. The Labute approximate surface area is 290 Å². The van der Waals surface area contributed by atoms with E-state index in [1.54, 1.807) is 61.0 Å². The second-order valence-corrected chi connectivity index (χ2v) is 12.8. The first-order valence-corrected chi connectivity index (χ1v) is 17.1. The van der Waals surface area contributed by atoms with Gasteiger partial charge in [0.2, 0.25) is 17.7 Å². The van der Waals surface area contributed by atoms with Crippen LogP contribution in [0.4, 0.5) is 4.79 Å². The van der Waals surface area contributed by atoms with Crippen molar-refractivity contribution in [1.29, 1.82) is 0 Å². The predicted molar refractivity (Wildman–Crippen MR) is 177 cm³/mol. The number of carboxylic acid groups (broad SMARTS) is 1. The number of carbonyl (C=O) groups is 6. The second kappa shape index (κ2) is 16.0. The van der Waals surface area contributed by atoms with Crippen molar-refractivity contribution in [2.75, 3.05) is 46.4 Å². The first kappa shape index (κ1) is 36.1. The van der Waals surface area contributed by atoms with Gasteiger partial charge < -0.3 is 39.5 Å². The number of likely N-dealkylation sites (N-methyl/N-ethyl adjacent to an activating group) is 1. The number of nitrogens with one attached hydrogen (secondary N) is 1. The molecular weight excluding hydrogens is 650 g/mol. The van der Waals surface area contributed by atoms with Crippen molar-refractivity contribution in [2.45, 2.75) is 76.5 Å². The molecule has 1 aromatic carbocycles. The molecule has 0 spiro atoms. The van der Waals surface area contributed by atoms with Gasteiger partial charge in [-0.3, -0.25) is 24.0 Å². The number of hydrogen-bond acceptors (Lipinski definition) is 9. The maximum atomic E-state index is 13.7. The number of likely N-dealkylation sites (tertiary alicyclic amines) is 1. The normalized spacial score (nSPS) is 19.5. The zero-order valence-corrected chi connectivity index (χ0v) is 28.7. The van der Waals surface area contributed by atoms with Gasteiger partial charge in [-0.1, -0.05) is 18.2 Å². The number of ether oxygens (including phenoxy) is 2. The van der Waals surface area contributed by atoms with Gasteiger partial charge in [-0.15, -0.1) is 0 Å². The zero-order chi connectivity index (χ0) is 35.9. The van der Waals surface area contributed by atoms with Gasteiger partial charge in [-0.05, 0) is 58.1 Å². The summed E-state index contributed by atoms with van der Waals surface area (Å²) in [7, 11) is 1.77. The highest BCUT2D eigenvalue weighted by Crippen LogP contribution is 2.29. The molecule has 16 nitrogen and oxygen atoms in total. The Balaban J connectivity index is 1.30. The van der Waals surface area contributed by atoms with Crippen molar-refractivity contribution in [1.82, 2.24) is 34.7 Å². The number of aromatic nitrogens is 2. The van der Waals surface area contributed by atoms with Crippen LogP contribution in [0.3, 0.4) is 0 Å². The fraction of sp³-hybridized carbons (Fsp3) is 0.559. The van der Waals surface area contributed by atoms with Crippen LogP contribution in [0, 0.1) is 0 Å². The summed E-state index contributed by atoms with van der Waals surface area (Å²) in [6, 6.07) is 8.24. The molecule has 270 valence electrons. The number of aliphatic carboxylic acids is 1. The van der Waals surface area contributed by atoms with Crippen molar-refractivity contribution in [3.05, 3.63) is 42.1 Å². The lowest BCUT2D eigenvalue weighted by Gasteiger charge is -2.40. The van der Waals surface area contributed by atoms with E-state index >= 15 is 0 Å². The van der Waals surface area contributed by atoms with E-state index in [1.807, 2.05) is 0 Å². The lowest BCUT2D eigenvalue weighted by atomic mass is 10.1. The van der Waals surface area contributed by atoms with E-state index in [9.17, 15) is 33.9 Å². The number of hydrogen-bond donors (Lipinski definition) is 2. The third-order valence-electron chi connectivity index (χ3n) is 9.24. The van der Waals surface area contributed by atoms with Crippen molar-refractivity contribution in [2.24, 2.45) is 0 Å². The maximum Gasteiger partial charge on any atom is 0.409 e. The first-order chi connectivity index (χ1) is 24.0. The van der Waals surface area contributed by atoms with Crippen LogP contribution in [0.2, 0.25) is 0 Å². The molecule has 2 N–H and O–H groups in total. The summed E-state index contributed by atoms with van der Waals surface area (Å²) in [5.41, 5.74) is 0.422. The quantitative estimate of drug-likeness (QED) is 0.312. The minimum Gasteiger partial charge on any atom is -0.481 e. The van der Waals surface area contributed by atoms with Crippen molar-refractivity contribution in [3.63, 3.8) is 0 Å². The number of amides is 5. The fourth-order valence-corrected chi connectivity index (χ4v) is 6.37. The molecule has 3 fully saturated rings. The minimum atomic E-state index is -1.19. The van der Waals surface area contributed by atoms with Gasteiger partial charge >= 0.3 is 12.1 Å². The molecule has 50 heavy (non-hydrogen) atoms. The van der Waals surface area contributed by atoms with E-state index in [0.717, 1.165) is 12.8 Å². The van der Waals surface area contributed by atoms with Crippen LogP contribution < -0.4 is 10.1 Å². The Morgan fingerprint density at radius 2 is 1.78 bits per heavy atom. The average molecular weight is 696 g/mol. The predicted octanol–water partition coefficient (Wildman–Crippen LogP) is 1.52. The summed E-state index contributed by atoms with van der Waals surface area (Å²) in [5.74, 6) is -2.72. The third kappa shape index (κ3) is 8.52. The molecule has 2 aromatic rings. The number of carbonyl (C=O) groups excluding carboxylic acids is 5. The molecule has 3 aliphatic rings. The topological polar surface area (TPSA) is 184 Å². The summed E-state index contributed by atoms with van der Waals surface area (Å²) in [4.78, 5) is 83.8. The lowest BCUT2D eigenvalue weighted by Crippen LogP contribution is -2.59. The maximum absolute atomic E-state index is 13.7. The molecule has 1 saturated carbocycles. The lowest BCUT2D eigenvalue weighted by molar-refractivity contribution is -0.144. The number of para-hydroxylation sites is 1. The van der Waals surface area contributed by atoms with Crippen LogP contribution in [0.15, 0.2) is 36.4 Å². The minimum absolute atomic E-state index is 0.0751. The Bertz CT molecular complexity index is 1580. The summed E-state index contributed by atoms with van der Waals surface area (Å²) >= 11 is 0. The van der Waals surface area contributed by atoms with Crippen LogP contribution in [0.25, 0.3) is 5.69 Å². The van der Waals surface area contributed by atoms with Crippen LogP contribution in [0.1, 0.15) is 62.9 Å². The molecular formula is C34H45N7O9. The summed E-state index contributed by atoms with van der Waals surface area (Å²) in [6.07, 6.45) is 2.18. The zero-order valence-electron chi connectivity index (χ0n) is 28.7. The molecule has 3 atom stereocenters. The van der Waals surface area contributed by atoms with E-state index < -0.39 is 48.6 Å². The largest absolute Gasteiger partial charge is 0.481 e. The Hall–Kier alpha value is -5.15. The highest BCUT2D eigenvalue weighted by atomic mass is 16.6. The van der Waals surface area contributed by atoms with Gasteiger partial charge in [0.15, 0.2) is 12.3 Å². The summed E-state index contributed by atoms with van der Waals surface area (Å²) in [5, 5.41) is 16.5. The molecule has 2 saturated heterocycles. The smallest absolute Gasteiger partial charge is 0.409 e. The van der Waals surface area contributed by atoms with Crippen molar-refractivity contribution >= 4 is 35.7 Å². The van der Waals surface area contributed by atoms with E-state index in [0.29, 0.717) is 25.1 Å². The van der Waals surface area contributed by atoms with Crippen LogP contribution >= 0.6 is 0 Å². The Kier molecular flexibility index (Phi) is 11.6.